The van der Waals surface area contributed by atoms with Gasteiger partial charge in [0.15, 0.2) is 21.4 Å². The van der Waals surface area contributed by atoms with E-state index in [1.54, 1.807) is 24.3 Å². The molecule has 1 N–H and O–H groups in total. The second-order valence-electron chi connectivity index (χ2n) is 7.39. The maximum Gasteiger partial charge on any atom is 0.224 e. The normalized spacial score (nSPS) is 12.8. The van der Waals surface area contributed by atoms with Crippen molar-refractivity contribution < 1.29 is 27.2 Å². The molecular formula is C24H18FNO5S. The zero-order valence-corrected chi connectivity index (χ0v) is 17.6. The smallest absolute Gasteiger partial charge is 0.224 e. The Kier molecular flexibility index (Phi) is 5.71. The van der Waals surface area contributed by atoms with Gasteiger partial charge in [-0.05, 0) is 48.9 Å². The van der Waals surface area contributed by atoms with Crippen LogP contribution in [0, 0.1) is 5.82 Å². The molecule has 6 nitrogen and oxygen atoms in total. The fourth-order valence-corrected chi connectivity index (χ4v) is 4.89. The molecule has 0 atom stereocenters. The van der Waals surface area contributed by atoms with E-state index in [2.05, 4.69) is 5.32 Å². The predicted octanol–water partition coefficient (Wildman–Crippen LogP) is 3.79. The molecule has 1 aliphatic rings. The van der Waals surface area contributed by atoms with Crippen molar-refractivity contribution in [2.45, 2.75) is 17.7 Å². The molecule has 8 heteroatoms. The lowest BCUT2D eigenvalue weighted by Crippen LogP contribution is -2.21. The number of fused-ring (bicyclic) bond motifs is 2. The fourth-order valence-electron chi connectivity index (χ4n) is 3.58. The van der Waals surface area contributed by atoms with Crippen LogP contribution in [0.15, 0.2) is 71.6 Å². The standard InChI is InChI=1S/C24H18FNO5S/c25-15-7-10-17(11-8-15)32(30,31)13-3-6-22(27)26-16-9-12-20-21(14-16)24(29)19-5-2-1-4-18(19)23(20)28/h1-2,4-5,7-12,14H,3,6,13H2,(H,26,27). The molecule has 0 aromatic heterocycles. The number of nitrogens with one attached hydrogen (secondary N) is 1. The van der Waals surface area contributed by atoms with Gasteiger partial charge in [-0.1, -0.05) is 24.3 Å². The summed E-state index contributed by atoms with van der Waals surface area (Å²) in [6.07, 6.45) is 0.00843. The van der Waals surface area contributed by atoms with E-state index in [0.29, 0.717) is 16.8 Å². The third kappa shape index (κ3) is 4.22. The van der Waals surface area contributed by atoms with E-state index in [0.717, 1.165) is 12.1 Å². The van der Waals surface area contributed by atoms with Gasteiger partial charge in [0.25, 0.3) is 0 Å². The van der Waals surface area contributed by atoms with Gasteiger partial charge in [0, 0.05) is 34.4 Å². The number of benzene rings is 3. The molecule has 1 amide bonds. The Morgan fingerprint density at radius 2 is 1.41 bits per heavy atom. The first-order valence-corrected chi connectivity index (χ1v) is 11.5. The van der Waals surface area contributed by atoms with Crippen molar-refractivity contribution in [1.82, 2.24) is 0 Å². The van der Waals surface area contributed by atoms with Crippen molar-refractivity contribution in [3.8, 4) is 0 Å². The molecule has 0 bridgehead atoms. The minimum Gasteiger partial charge on any atom is -0.326 e. The van der Waals surface area contributed by atoms with Crippen LogP contribution in [-0.4, -0.2) is 31.6 Å². The van der Waals surface area contributed by atoms with E-state index in [9.17, 15) is 27.2 Å². The molecule has 0 saturated carbocycles. The summed E-state index contributed by atoms with van der Waals surface area (Å²) in [7, 11) is -3.63. The molecule has 0 spiro atoms. The van der Waals surface area contributed by atoms with Crippen LogP contribution < -0.4 is 5.32 Å². The lowest BCUT2D eigenvalue weighted by atomic mass is 9.84. The van der Waals surface area contributed by atoms with E-state index in [1.807, 2.05) is 0 Å². The molecule has 0 radical (unpaired) electrons. The molecule has 4 rings (SSSR count). The van der Waals surface area contributed by atoms with Crippen molar-refractivity contribution in [3.05, 3.63) is 94.8 Å². The number of hydrogen-bond acceptors (Lipinski definition) is 5. The van der Waals surface area contributed by atoms with Crippen LogP contribution >= 0.6 is 0 Å². The highest BCUT2D eigenvalue weighted by Gasteiger charge is 2.29. The number of rotatable bonds is 6. The second kappa shape index (κ2) is 8.47. The molecule has 0 heterocycles. The fraction of sp³-hybridized carbons (Fsp3) is 0.125. The van der Waals surface area contributed by atoms with Crippen LogP contribution in [0.4, 0.5) is 10.1 Å². The molecule has 0 aliphatic heterocycles. The third-order valence-electron chi connectivity index (χ3n) is 5.20. The van der Waals surface area contributed by atoms with Gasteiger partial charge in [-0.3, -0.25) is 14.4 Å². The first kappa shape index (κ1) is 21.6. The number of carbonyl (C=O) groups excluding carboxylic acids is 3. The maximum atomic E-state index is 13.0. The van der Waals surface area contributed by atoms with Crippen LogP contribution in [0.1, 0.15) is 44.7 Å². The van der Waals surface area contributed by atoms with Crippen molar-refractivity contribution in [2.75, 3.05) is 11.1 Å². The topological polar surface area (TPSA) is 97.4 Å². The zero-order chi connectivity index (χ0) is 22.9. The van der Waals surface area contributed by atoms with E-state index in [1.165, 1.54) is 30.3 Å². The average molecular weight is 451 g/mol. The monoisotopic (exact) mass is 451 g/mol. The second-order valence-corrected chi connectivity index (χ2v) is 9.50. The summed E-state index contributed by atoms with van der Waals surface area (Å²) in [6.45, 7) is 0. The van der Waals surface area contributed by atoms with Crippen LogP contribution in [0.2, 0.25) is 0 Å². The Morgan fingerprint density at radius 3 is 2.06 bits per heavy atom. The molecule has 0 unspecified atom stereocenters. The lowest BCUT2D eigenvalue weighted by molar-refractivity contribution is -0.116. The maximum absolute atomic E-state index is 13.0. The molecule has 3 aromatic rings. The highest BCUT2D eigenvalue weighted by Crippen LogP contribution is 2.29. The molecule has 1 aliphatic carbocycles. The first-order chi connectivity index (χ1) is 15.3. The highest BCUT2D eigenvalue weighted by molar-refractivity contribution is 7.91. The van der Waals surface area contributed by atoms with E-state index >= 15 is 0 Å². The van der Waals surface area contributed by atoms with Crippen molar-refractivity contribution in [3.63, 3.8) is 0 Å². The number of halogens is 1. The van der Waals surface area contributed by atoms with Crippen LogP contribution in [0.3, 0.4) is 0 Å². The van der Waals surface area contributed by atoms with Gasteiger partial charge < -0.3 is 5.32 Å². The first-order valence-electron chi connectivity index (χ1n) is 9.87. The summed E-state index contributed by atoms with van der Waals surface area (Å²) < 4.78 is 37.6. The Hall–Kier alpha value is -3.65. The Labute approximate surface area is 184 Å². The lowest BCUT2D eigenvalue weighted by Gasteiger charge is -2.18. The third-order valence-corrected chi connectivity index (χ3v) is 7.02. The largest absolute Gasteiger partial charge is 0.326 e. The number of anilines is 1. The molecule has 3 aromatic carbocycles. The van der Waals surface area contributed by atoms with Gasteiger partial charge in [-0.15, -0.1) is 0 Å². The van der Waals surface area contributed by atoms with E-state index in [-0.39, 0.29) is 46.2 Å². The Bertz CT molecular complexity index is 1350. The van der Waals surface area contributed by atoms with Gasteiger partial charge in [-0.2, -0.15) is 0 Å². The number of carbonyl (C=O) groups is 3. The molecular weight excluding hydrogens is 433 g/mol. The minimum atomic E-state index is -3.63. The highest BCUT2D eigenvalue weighted by atomic mass is 32.2. The summed E-state index contributed by atoms with van der Waals surface area (Å²) >= 11 is 0. The average Bonchev–Trinajstić information content (AvgIpc) is 2.77. The van der Waals surface area contributed by atoms with Crippen molar-refractivity contribution >= 4 is 33.0 Å². The Balaban J connectivity index is 1.41. The Morgan fingerprint density at radius 1 is 0.812 bits per heavy atom. The van der Waals surface area contributed by atoms with Gasteiger partial charge in [0.05, 0.1) is 10.6 Å². The summed E-state index contributed by atoms with van der Waals surface area (Å²) in [5.74, 6) is -1.76. The summed E-state index contributed by atoms with van der Waals surface area (Å²) in [5.41, 5.74) is 1.50. The summed E-state index contributed by atoms with van der Waals surface area (Å²) in [4.78, 5) is 37.7. The molecule has 0 fully saturated rings. The van der Waals surface area contributed by atoms with E-state index in [4.69, 9.17) is 0 Å². The van der Waals surface area contributed by atoms with Gasteiger partial charge >= 0.3 is 0 Å². The summed E-state index contributed by atoms with van der Waals surface area (Å²) in [6, 6.07) is 15.6. The van der Waals surface area contributed by atoms with E-state index < -0.39 is 21.6 Å². The van der Waals surface area contributed by atoms with Crippen molar-refractivity contribution in [2.24, 2.45) is 0 Å². The van der Waals surface area contributed by atoms with Gasteiger partial charge in [0.1, 0.15) is 5.82 Å². The predicted molar refractivity (Wildman–Crippen MR) is 116 cm³/mol. The molecule has 0 saturated heterocycles. The summed E-state index contributed by atoms with van der Waals surface area (Å²) in [5, 5.41) is 2.64. The van der Waals surface area contributed by atoms with Gasteiger partial charge in [0.2, 0.25) is 5.91 Å². The molecule has 162 valence electrons. The van der Waals surface area contributed by atoms with Crippen LogP contribution in [0.25, 0.3) is 0 Å². The number of hydrogen-bond donors (Lipinski definition) is 1. The minimum absolute atomic E-state index is 0.00236. The van der Waals surface area contributed by atoms with Crippen LogP contribution in [0.5, 0.6) is 0 Å². The van der Waals surface area contributed by atoms with Crippen LogP contribution in [-0.2, 0) is 14.6 Å². The zero-order valence-electron chi connectivity index (χ0n) is 16.8. The SMILES string of the molecule is O=C(CCCS(=O)(=O)c1ccc(F)cc1)Nc1ccc2c(c1)C(=O)c1ccccc1C2=O. The number of sulfone groups is 1. The number of ketones is 2. The number of amides is 1. The molecule has 32 heavy (non-hydrogen) atoms. The quantitative estimate of drug-likeness (QED) is 0.450. The van der Waals surface area contributed by atoms with Gasteiger partial charge in [-0.25, -0.2) is 12.8 Å². The van der Waals surface area contributed by atoms with Crippen molar-refractivity contribution in [1.29, 1.82) is 0 Å².